The summed E-state index contributed by atoms with van der Waals surface area (Å²) in [5.41, 5.74) is 1.39. The third-order valence-corrected chi connectivity index (χ3v) is 4.98. The van der Waals surface area contributed by atoms with E-state index in [1.54, 1.807) is 7.11 Å². The lowest BCUT2D eigenvalue weighted by Gasteiger charge is -2.36. The summed E-state index contributed by atoms with van der Waals surface area (Å²) in [7, 11) is 1.73. The Morgan fingerprint density at radius 3 is 2.76 bits per heavy atom. The second-order valence-electron chi connectivity index (χ2n) is 4.62. The van der Waals surface area contributed by atoms with Crippen LogP contribution in [0.3, 0.4) is 0 Å². The zero-order chi connectivity index (χ0) is 12.4. The second kappa shape index (κ2) is 5.32. The van der Waals surface area contributed by atoms with Gasteiger partial charge in [0, 0.05) is 16.2 Å². The topological polar surface area (TPSA) is 21.3 Å². The Morgan fingerprint density at radius 2 is 2.12 bits per heavy atom. The fourth-order valence-corrected chi connectivity index (χ4v) is 3.62. The van der Waals surface area contributed by atoms with Gasteiger partial charge in [0.2, 0.25) is 0 Å². The van der Waals surface area contributed by atoms with Crippen LogP contribution < -0.4 is 10.1 Å². The first kappa shape index (κ1) is 12.8. The molecule has 1 N–H and O–H groups in total. The maximum absolute atomic E-state index is 5.33. The van der Waals surface area contributed by atoms with Gasteiger partial charge in [0.1, 0.15) is 5.75 Å². The maximum atomic E-state index is 5.33. The van der Waals surface area contributed by atoms with Crippen molar-refractivity contribution < 1.29 is 4.74 Å². The lowest BCUT2D eigenvalue weighted by atomic mass is 9.91. The average Bonchev–Trinajstić information content (AvgIpc) is 2.34. The Morgan fingerprint density at radius 1 is 1.35 bits per heavy atom. The molecular formula is C14H21NOS. The van der Waals surface area contributed by atoms with Crippen LogP contribution in [0.2, 0.25) is 0 Å². The molecule has 0 spiro atoms. The molecule has 1 aliphatic rings. The number of hydrogen-bond donors (Lipinski definition) is 1. The van der Waals surface area contributed by atoms with E-state index in [0.29, 0.717) is 17.2 Å². The Labute approximate surface area is 108 Å². The zero-order valence-corrected chi connectivity index (χ0v) is 11.8. The van der Waals surface area contributed by atoms with E-state index in [-0.39, 0.29) is 0 Å². The molecule has 0 aromatic heterocycles. The first-order valence-corrected chi connectivity index (χ1v) is 7.13. The third-order valence-electron chi connectivity index (χ3n) is 3.56. The van der Waals surface area contributed by atoms with Crippen molar-refractivity contribution in [3.8, 4) is 5.75 Å². The smallest absolute Gasteiger partial charge is 0.119 e. The minimum absolute atomic E-state index is 0.446. The molecule has 3 heteroatoms. The molecule has 0 amide bonds. The normalized spacial score (nSPS) is 27.6. The van der Waals surface area contributed by atoms with Gasteiger partial charge < -0.3 is 10.1 Å². The summed E-state index contributed by atoms with van der Waals surface area (Å²) in [5.74, 6) is 1.59. The van der Waals surface area contributed by atoms with E-state index in [9.17, 15) is 0 Å². The van der Waals surface area contributed by atoms with Crippen molar-refractivity contribution >= 4 is 11.8 Å². The number of ether oxygens (including phenoxy) is 1. The number of rotatable bonds is 3. The summed E-state index contributed by atoms with van der Waals surface area (Å²) in [4.78, 5) is 1.39. The summed E-state index contributed by atoms with van der Waals surface area (Å²) in [5, 5.41) is 4.26. The highest BCUT2D eigenvalue weighted by molar-refractivity contribution is 8.00. The average molecular weight is 251 g/mol. The van der Waals surface area contributed by atoms with Crippen molar-refractivity contribution in [2.75, 3.05) is 13.7 Å². The molecule has 0 bridgehead atoms. The molecule has 17 heavy (non-hydrogen) atoms. The van der Waals surface area contributed by atoms with Crippen LogP contribution in [0.25, 0.3) is 0 Å². The minimum Gasteiger partial charge on any atom is -0.497 e. The zero-order valence-electron chi connectivity index (χ0n) is 11.0. The first-order valence-electron chi connectivity index (χ1n) is 6.25. The molecular weight excluding hydrogens is 230 g/mol. The van der Waals surface area contributed by atoms with Gasteiger partial charge >= 0.3 is 0 Å². The second-order valence-corrected chi connectivity index (χ2v) is 6.04. The number of fused-ring (bicyclic) bond motifs is 1. The molecule has 0 fully saturated rings. The van der Waals surface area contributed by atoms with Crippen LogP contribution in [0.1, 0.15) is 32.4 Å². The van der Waals surface area contributed by atoms with Crippen LogP contribution in [-0.2, 0) is 0 Å². The summed E-state index contributed by atoms with van der Waals surface area (Å²) in [6.45, 7) is 7.81. The minimum atomic E-state index is 0.446. The molecule has 1 aromatic carbocycles. The van der Waals surface area contributed by atoms with Gasteiger partial charge in [-0.3, -0.25) is 0 Å². The molecule has 3 unspecified atom stereocenters. The highest BCUT2D eigenvalue weighted by atomic mass is 32.2. The lowest BCUT2D eigenvalue weighted by Crippen LogP contribution is -2.34. The maximum Gasteiger partial charge on any atom is 0.119 e. The Hall–Kier alpha value is -0.670. The van der Waals surface area contributed by atoms with Crippen LogP contribution in [-0.4, -0.2) is 18.9 Å². The van der Waals surface area contributed by atoms with Crippen LogP contribution in [0.15, 0.2) is 23.1 Å². The molecule has 94 valence electrons. The van der Waals surface area contributed by atoms with E-state index in [4.69, 9.17) is 4.74 Å². The van der Waals surface area contributed by atoms with E-state index < -0.39 is 0 Å². The highest BCUT2D eigenvalue weighted by Crippen LogP contribution is 2.45. The van der Waals surface area contributed by atoms with Crippen LogP contribution in [0.5, 0.6) is 5.75 Å². The van der Waals surface area contributed by atoms with Gasteiger partial charge in [-0.25, -0.2) is 0 Å². The fourth-order valence-electron chi connectivity index (χ4n) is 2.38. The van der Waals surface area contributed by atoms with E-state index in [0.717, 1.165) is 12.3 Å². The number of nitrogens with one attached hydrogen (secondary N) is 1. The molecule has 0 radical (unpaired) electrons. The molecule has 3 atom stereocenters. The SMILES string of the molecule is CCNC1c2cc(OC)ccc2SC(C)C1C. The molecule has 1 aromatic rings. The highest BCUT2D eigenvalue weighted by Gasteiger charge is 2.31. The van der Waals surface area contributed by atoms with Crippen LogP contribution >= 0.6 is 11.8 Å². The van der Waals surface area contributed by atoms with E-state index in [2.05, 4.69) is 44.3 Å². The molecule has 2 nitrogen and oxygen atoms in total. The van der Waals surface area contributed by atoms with Gasteiger partial charge in [-0.15, -0.1) is 11.8 Å². The third kappa shape index (κ3) is 2.45. The van der Waals surface area contributed by atoms with Crippen LogP contribution in [0.4, 0.5) is 0 Å². The van der Waals surface area contributed by atoms with E-state index in [1.807, 2.05) is 11.8 Å². The van der Waals surface area contributed by atoms with E-state index >= 15 is 0 Å². The summed E-state index contributed by atoms with van der Waals surface area (Å²) < 4.78 is 5.33. The van der Waals surface area contributed by atoms with Crippen molar-refractivity contribution in [2.45, 2.75) is 37.0 Å². The van der Waals surface area contributed by atoms with Gasteiger partial charge in [0.15, 0.2) is 0 Å². The number of methoxy groups -OCH3 is 1. The Balaban J connectivity index is 2.40. The number of benzene rings is 1. The largest absolute Gasteiger partial charge is 0.497 e. The first-order chi connectivity index (χ1) is 8.17. The molecule has 1 aliphatic heterocycles. The molecule has 2 rings (SSSR count). The van der Waals surface area contributed by atoms with Gasteiger partial charge in [-0.1, -0.05) is 20.8 Å². The summed E-state index contributed by atoms with van der Waals surface area (Å²) in [6.07, 6.45) is 0. The molecule has 1 heterocycles. The lowest BCUT2D eigenvalue weighted by molar-refractivity contribution is 0.374. The standard InChI is InChI=1S/C14H21NOS/c1-5-15-14-9(2)10(3)17-13-7-6-11(16-4)8-12(13)14/h6-10,14-15H,5H2,1-4H3. The van der Waals surface area contributed by atoms with Crippen molar-refractivity contribution in [3.63, 3.8) is 0 Å². The van der Waals surface area contributed by atoms with Gasteiger partial charge in [-0.2, -0.15) is 0 Å². The monoisotopic (exact) mass is 251 g/mol. The van der Waals surface area contributed by atoms with Crippen molar-refractivity contribution in [3.05, 3.63) is 23.8 Å². The van der Waals surface area contributed by atoms with E-state index in [1.165, 1.54) is 10.5 Å². The number of hydrogen-bond acceptors (Lipinski definition) is 3. The fraction of sp³-hybridized carbons (Fsp3) is 0.571. The van der Waals surface area contributed by atoms with Gasteiger partial charge in [0.25, 0.3) is 0 Å². The molecule has 0 saturated carbocycles. The predicted octanol–water partition coefficient (Wildman–Crippen LogP) is 3.48. The quantitative estimate of drug-likeness (QED) is 0.888. The van der Waals surface area contributed by atoms with Gasteiger partial charge in [-0.05, 0) is 36.2 Å². The summed E-state index contributed by atoms with van der Waals surface area (Å²) >= 11 is 1.97. The predicted molar refractivity (Wildman–Crippen MR) is 73.9 cm³/mol. The Kier molecular flexibility index (Phi) is 4.00. The summed E-state index contributed by atoms with van der Waals surface area (Å²) in [6, 6.07) is 6.86. The molecule has 0 aliphatic carbocycles. The van der Waals surface area contributed by atoms with Gasteiger partial charge in [0.05, 0.1) is 7.11 Å². The van der Waals surface area contributed by atoms with Crippen molar-refractivity contribution in [2.24, 2.45) is 5.92 Å². The van der Waals surface area contributed by atoms with Crippen LogP contribution in [0, 0.1) is 5.92 Å². The Bertz CT molecular complexity index is 394. The van der Waals surface area contributed by atoms with Crippen molar-refractivity contribution in [1.82, 2.24) is 5.32 Å². The number of thioether (sulfide) groups is 1. The van der Waals surface area contributed by atoms with Crippen molar-refractivity contribution in [1.29, 1.82) is 0 Å². The molecule has 0 saturated heterocycles.